The highest BCUT2D eigenvalue weighted by Crippen LogP contribution is 2.15. The minimum absolute atomic E-state index is 0.0360. The fourth-order valence-corrected chi connectivity index (χ4v) is 3.02. The van der Waals surface area contributed by atoms with Crippen LogP contribution in [0.1, 0.15) is 32.6 Å². The molecular weight excluding hydrogens is 304 g/mol. The fraction of sp³-hybridized carbons (Fsp3) is 0.263. The maximum Gasteiger partial charge on any atom is 0.251 e. The van der Waals surface area contributed by atoms with Crippen molar-refractivity contribution < 1.29 is 4.79 Å². The first-order valence-corrected chi connectivity index (χ1v) is 8.68. The Balaban J connectivity index is 1.76. The number of nitrogens with zero attached hydrogens (tertiary/aromatic N) is 1. The summed E-state index contributed by atoms with van der Waals surface area (Å²) in [5.74, 6) is 1.56. The lowest BCUT2D eigenvalue weighted by atomic mass is 10.1. The SMILES string of the molecule is Cc1ccc(C(=O)NCCSCc2ccccc2C#N)cc1C. The quantitative estimate of drug-likeness (QED) is 0.821. The number of thioether (sulfide) groups is 1. The van der Waals surface area contributed by atoms with E-state index in [1.54, 1.807) is 11.8 Å². The summed E-state index contributed by atoms with van der Waals surface area (Å²) in [5, 5.41) is 12.0. The van der Waals surface area contributed by atoms with Gasteiger partial charge in [0.1, 0.15) is 0 Å². The summed E-state index contributed by atoms with van der Waals surface area (Å²) in [6, 6.07) is 15.6. The topological polar surface area (TPSA) is 52.9 Å². The number of hydrogen-bond acceptors (Lipinski definition) is 3. The third kappa shape index (κ3) is 4.87. The maximum absolute atomic E-state index is 12.1. The van der Waals surface area contributed by atoms with Crippen molar-refractivity contribution in [3.8, 4) is 6.07 Å². The van der Waals surface area contributed by atoms with Gasteiger partial charge in [-0.2, -0.15) is 17.0 Å². The molecule has 4 heteroatoms. The number of rotatable bonds is 6. The van der Waals surface area contributed by atoms with Crippen LogP contribution in [0, 0.1) is 25.2 Å². The average molecular weight is 324 g/mol. The minimum atomic E-state index is -0.0360. The normalized spacial score (nSPS) is 10.1. The molecule has 0 bridgehead atoms. The van der Waals surface area contributed by atoms with Gasteiger partial charge in [-0.05, 0) is 48.7 Å². The summed E-state index contributed by atoms with van der Waals surface area (Å²) in [7, 11) is 0. The van der Waals surface area contributed by atoms with E-state index in [0.29, 0.717) is 12.1 Å². The smallest absolute Gasteiger partial charge is 0.251 e. The van der Waals surface area contributed by atoms with E-state index in [1.165, 1.54) is 5.56 Å². The van der Waals surface area contributed by atoms with Crippen LogP contribution < -0.4 is 5.32 Å². The number of aryl methyl sites for hydroxylation is 2. The van der Waals surface area contributed by atoms with Gasteiger partial charge in [0.2, 0.25) is 0 Å². The van der Waals surface area contributed by atoms with Gasteiger partial charge in [0.05, 0.1) is 11.6 Å². The molecule has 0 spiro atoms. The van der Waals surface area contributed by atoms with Crippen molar-refractivity contribution in [3.05, 3.63) is 70.3 Å². The molecule has 1 N–H and O–H groups in total. The summed E-state index contributed by atoms with van der Waals surface area (Å²) in [6.07, 6.45) is 0. The molecule has 23 heavy (non-hydrogen) atoms. The van der Waals surface area contributed by atoms with Gasteiger partial charge in [-0.3, -0.25) is 4.79 Å². The average Bonchev–Trinajstić information content (AvgIpc) is 2.57. The van der Waals surface area contributed by atoms with Crippen LogP contribution in [0.15, 0.2) is 42.5 Å². The number of benzene rings is 2. The number of nitriles is 1. The Labute approximate surface area is 141 Å². The van der Waals surface area contributed by atoms with Crippen LogP contribution in [0.5, 0.6) is 0 Å². The highest BCUT2D eigenvalue weighted by Gasteiger charge is 2.06. The zero-order valence-corrected chi connectivity index (χ0v) is 14.2. The van der Waals surface area contributed by atoms with E-state index in [1.807, 2.05) is 56.3 Å². The molecule has 0 aliphatic rings. The molecule has 0 aromatic heterocycles. The van der Waals surface area contributed by atoms with E-state index in [2.05, 4.69) is 11.4 Å². The Morgan fingerprint density at radius 3 is 2.70 bits per heavy atom. The molecule has 3 nitrogen and oxygen atoms in total. The number of carbonyl (C=O) groups is 1. The first-order chi connectivity index (χ1) is 11.1. The van der Waals surface area contributed by atoms with Gasteiger partial charge in [-0.25, -0.2) is 0 Å². The van der Waals surface area contributed by atoms with E-state index in [-0.39, 0.29) is 5.91 Å². The maximum atomic E-state index is 12.1. The van der Waals surface area contributed by atoms with Gasteiger partial charge in [0, 0.05) is 23.6 Å². The van der Waals surface area contributed by atoms with E-state index in [4.69, 9.17) is 5.26 Å². The van der Waals surface area contributed by atoms with Gasteiger partial charge in [-0.1, -0.05) is 24.3 Å². The molecular formula is C19H20N2OS. The number of carbonyl (C=O) groups excluding carboxylic acids is 1. The van der Waals surface area contributed by atoms with E-state index in [0.717, 1.165) is 28.2 Å². The molecule has 0 radical (unpaired) electrons. The Morgan fingerprint density at radius 2 is 1.96 bits per heavy atom. The predicted octanol–water partition coefficient (Wildman–Crippen LogP) is 3.84. The second-order valence-electron chi connectivity index (χ2n) is 5.38. The van der Waals surface area contributed by atoms with Crippen LogP contribution in [0.4, 0.5) is 0 Å². The second-order valence-corrected chi connectivity index (χ2v) is 6.48. The standard InChI is InChI=1S/C19H20N2OS/c1-14-7-8-16(11-15(14)2)19(22)21-9-10-23-13-18-6-4-3-5-17(18)12-20/h3-8,11H,9-10,13H2,1-2H3,(H,21,22). The van der Waals surface area contributed by atoms with Gasteiger partial charge in [0.25, 0.3) is 5.91 Å². The van der Waals surface area contributed by atoms with Crippen LogP contribution in [-0.2, 0) is 5.75 Å². The largest absolute Gasteiger partial charge is 0.351 e. The first kappa shape index (κ1) is 17.1. The van der Waals surface area contributed by atoms with Crippen molar-refractivity contribution in [2.24, 2.45) is 0 Å². The van der Waals surface area contributed by atoms with Crippen LogP contribution in [0.3, 0.4) is 0 Å². The van der Waals surface area contributed by atoms with Gasteiger partial charge in [0.15, 0.2) is 0 Å². The van der Waals surface area contributed by atoms with Crippen molar-refractivity contribution in [2.75, 3.05) is 12.3 Å². The lowest BCUT2D eigenvalue weighted by Gasteiger charge is -2.08. The third-order valence-electron chi connectivity index (χ3n) is 3.70. The molecule has 2 aromatic rings. The summed E-state index contributed by atoms with van der Waals surface area (Å²) in [4.78, 5) is 12.1. The number of nitrogens with one attached hydrogen (secondary N) is 1. The van der Waals surface area contributed by atoms with Gasteiger partial charge in [-0.15, -0.1) is 0 Å². The fourth-order valence-electron chi connectivity index (χ4n) is 2.16. The van der Waals surface area contributed by atoms with Crippen LogP contribution in [0.2, 0.25) is 0 Å². The molecule has 2 aromatic carbocycles. The van der Waals surface area contributed by atoms with E-state index < -0.39 is 0 Å². The molecule has 1 amide bonds. The zero-order valence-electron chi connectivity index (χ0n) is 13.4. The summed E-state index contributed by atoms with van der Waals surface area (Å²) >= 11 is 1.71. The lowest BCUT2D eigenvalue weighted by Crippen LogP contribution is -2.25. The molecule has 0 fully saturated rings. The summed E-state index contributed by atoms with van der Waals surface area (Å²) in [5.41, 5.74) is 4.78. The Bertz CT molecular complexity index is 734. The Hall–Kier alpha value is -2.25. The summed E-state index contributed by atoms with van der Waals surface area (Å²) in [6.45, 7) is 4.66. The highest BCUT2D eigenvalue weighted by molar-refractivity contribution is 7.98. The highest BCUT2D eigenvalue weighted by atomic mass is 32.2. The molecule has 0 saturated carbocycles. The van der Waals surface area contributed by atoms with Crippen LogP contribution in [0.25, 0.3) is 0 Å². The molecule has 118 valence electrons. The molecule has 0 atom stereocenters. The van der Waals surface area contributed by atoms with Gasteiger partial charge < -0.3 is 5.32 Å². The van der Waals surface area contributed by atoms with Crippen molar-refractivity contribution in [1.29, 1.82) is 5.26 Å². The van der Waals surface area contributed by atoms with Gasteiger partial charge >= 0.3 is 0 Å². The van der Waals surface area contributed by atoms with Crippen molar-refractivity contribution in [1.82, 2.24) is 5.32 Å². The van der Waals surface area contributed by atoms with Crippen LogP contribution in [-0.4, -0.2) is 18.2 Å². The minimum Gasteiger partial charge on any atom is -0.351 e. The van der Waals surface area contributed by atoms with E-state index in [9.17, 15) is 4.79 Å². The number of hydrogen-bond donors (Lipinski definition) is 1. The molecule has 0 aliphatic heterocycles. The van der Waals surface area contributed by atoms with Crippen molar-refractivity contribution in [2.45, 2.75) is 19.6 Å². The van der Waals surface area contributed by atoms with E-state index >= 15 is 0 Å². The molecule has 0 saturated heterocycles. The molecule has 2 rings (SSSR count). The molecule has 0 heterocycles. The van der Waals surface area contributed by atoms with Crippen molar-refractivity contribution in [3.63, 3.8) is 0 Å². The molecule has 0 aliphatic carbocycles. The zero-order chi connectivity index (χ0) is 16.7. The second kappa shape index (κ2) is 8.40. The van der Waals surface area contributed by atoms with Crippen LogP contribution >= 0.6 is 11.8 Å². The lowest BCUT2D eigenvalue weighted by molar-refractivity contribution is 0.0956. The monoisotopic (exact) mass is 324 g/mol. The first-order valence-electron chi connectivity index (χ1n) is 7.53. The third-order valence-corrected chi connectivity index (χ3v) is 4.70. The predicted molar refractivity (Wildman–Crippen MR) is 95.6 cm³/mol. The molecule has 0 unspecified atom stereocenters. The van der Waals surface area contributed by atoms with Crippen molar-refractivity contribution >= 4 is 17.7 Å². The number of amides is 1. The Kier molecular flexibility index (Phi) is 6.25. The Morgan fingerprint density at radius 1 is 1.17 bits per heavy atom. The summed E-state index contributed by atoms with van der Waals surface area (Å²) < 4.78 is 0.